The normalized spacial score (nSPS) is 14.4. The molecule has 0 aliphatic rings. The summed E-state index contributed by atoms with van der Waals surface area (Å²) in [4.78, 5) is 5.47. The zero-order chi connectivity index (χ0) is 10.8. The molecule has 4 heteroatoms. The molecule has 1 aromatic heterocycles. The Balaban J connectivity index is 2.47. The molecule has 1 unspecified atom stereocenters. The fraction of sp³-hybridized carbons (Fsp3) is 0.600. The zero-order valence-corrected chi connectivity index (χ0v) is 10.5. The summed E-state index contributed by atoms with van der Waals surface area (Å²) in [5.41, 5.74) is 3.98. The molecule has 0 saturated carbocycles. The molecule has 14 heavy (non-hydrogen) atoms. The molecule has 0 bridgehead atoms. The van der Waals surface area contributed by atoms with Gasteiger partial charge in [-0.05, 0) is 44.7 Å². The van der Waals surface area contributed by atoms with Crippen molar-refractivity contribution >= 4 is 22.9 Å². The minimum atomic E-state index is -0.173. The molecule has 1 N–H and O–H groups in total. The van der Waals surface area contributed by atoms with Gasteiger partial charge in [-0.15, -0.1) is 11.3 Å². The van der Waals surface area contributed by atoms with Crippen LogP contribution in [0.2, 0.25) is 4.34 Å². The minimum Gasteiger partial charge on any atom is -0.296 e. The van der Waals surface area contributed by atoms with Crippen molar-refractivity contribution in [2.45, 2.75) is 39.3 Å². The van der Waals surface area contributed by atoms with Crippen LogP contribution in [0.5, 0.6) is 0 Å². The van der Waals surface area contributed by atoms with Crippen LogP contribution in [-0.2, 0) is 4.84 Å². The molecule has 0 radical (unpaired) electrons. The van der Waals surface area contributed by atoms with Crippen molar-refractivity contribution in [3.05, 3.63) is 21.3 Å². The lowest BCUT2D eigenvalue weighted by atomic mass is 10.2. The van der Waals surface area contributed by atoms with Crippen LogP contribution in [0.3, 0.4) is 0 Å². The van der Waals surface area contributed by atoms with Crippen LogP contribution in [0, 0.1) is 0 Å². The fourth-order valence-corrected chi connectivity index (χ4v) is 1.87. The summed E-state index contributed by atoms with van der Waals surface area (Å²) in [5, 5.41) is 2.03. The Morgan fingerprint density at radius 1 is 1.50 bits per heavy atom. The van der Waals surface area contributed by atoms with E-state index in [4.69, 9.17) is 16.4 Å². The monoisotopic (exact) mass is 233 g/mol. The quantitative estimate of drug-likeness (QED) is 0.803. The third kappa shape index (κ3) is 3.96. The number of hydroxylamine groups is 1. The maximum absolute atomic E-state index is 5.84. The highest BCUT2D eigenvalue weighted by Gasteiger charge is 2.14. The largest absolute Gasteiger partial charge is 0.296 e. The summed E-state index contributed by atoms with van der Waals surface area (Å²) < 4.78 is 0.810. The van der Waals surface area contributed by atoms with E-state index in [9.17, 15) is 0 Å². The van der Waals surface area contributed by atoms with Gasteiger partial charge in [-0.1, -0.05) is 11.6 Å². The third-order valence-corrected chi connectivity index (χ3v) is 2.74. The van der Waals surface area contributed by atoms with Crippen LogP contribution in [0.1, 0.15) is 39.3 Å². The van der Waals surface area contributed by atoms with Crippen molar-refractivity contribution in [3.8, 4) is 0 Å². The molecular formula is C10H16ClNOS. The van der Waals surface area contributed by atoms with Crippen molar-refractivity contribution in [1.29, 1.82) is 0 Å². The first-order chi connectivity index (χ1) is 6.38. The Kier molecular flexibility index (Phi) is 3.95. The summed E-state index contributed by atoms with van der Waals surface area (Å²) >= 11 is 7.38. The van der Waals surface area contributed by atoms with Gasteiger partial charge in [0, 0.05) is 0 Å². The van der Waals surface area contributed by atoms with Crippen molar-refractivity contribution < 1.29 is 4.84 Å². The first kappa shape index (κ1) is 12.0. The Hall–Kier alpha value is -0.0900. The van der Waals surface area contributed by atoms with E-state index in [0.717, 1.165) is 9.90 Å². The number of thiophene rings is 1. The van der Waals surface area contributed by atoms with Crippen LogP contribution in [0.4, 0.5) is 0 Å². The maximum atomic E-state index is 5.84. The second-order valence-corrected chi connectivity index (χ2v) is 5.78. The van der Waals surface area contributed by atoms with Crippen LogP contribution in [0.15, 0.2) is 11.4 Å². The number of rotatable bonds is 3. The predicted molar refractivity (Wildman–Crippen MR) is 61.7 cm³/mol. The molecule has 0 aliphatic heterocycles. The molecule has 80 valence electrons. The molecule has 0 aliphatic carbocycles. The number of nitrogens with one attached hydrogen (secondary N) is 1. The lowest BCUT2D eigenvalue weighted by Gasteiger charge is -2.22. The fourth-order valence-electron chi connectivity index (χ4n) is 0.884. The highest BCUT2D eigenvalue weighted by Crippen LogP contribution is 2.24. The molecular weight excluding hydrogens is 218 g/mol. The molecule has 0 saturated heterocycles. The molecule has 0 amide bonds. The second kappa shape index (κ2) is 4.62. The van der Waals surface area contributed by atoms with Crippen LogP contribution < -0.4 is 5.48 Å². The van der Waals surface area contributed by atoms with E-state index in [-0.39, 0.29) is 11.6 Å². The first-order valence-electron chi connectivity index (χ1n) is 4.56. The van der Waals surface area contributed by atoms with Gasteiger partial charge in [-0.3, -0.25) is 4.84 Å². The predicted octanol–water partition coefficient (Wildman–Crippen LogP) is 3.78. The summed E-state index contributed by atoms with van der Waals surface area (Å²) in [6.07, 6.45) is 0. The van der Waals surface area contributed by atoms with Crippen LogP contribution in [-0.4, -0.2) is 5.60 Å². The van der Waals surface area contributed by atoms with Crippen LogP contribution in [0.25, 0.3) is 0 Å². The molecule has 0 fully saturated rings. The van der Waals surface area contributed by atoms with E-state index >= 15 is 0 Å². The Bertz CT molecular complexity index is 293. The van der Waals surface area contributed by atoms with E-state index in [1.54, 1.807) is 0 Å². The highest BCUT2D eigenvalue weighted by molar-refractivity contribution is 7.14. The van der Waals surface area contributed by atoms with Crippen molar-refractivity contribution in [1.82, 2.24) is 5.48 Å². The summed E-state index contributed by atoms with van der Waals surface area (Å²) in [7, 11) is 0. The number of halogens is 1. The average Bonchev–Trinajstić information content (AvgIpc) is 2.46. The van der Waals surface area contributed by atoms with Gasteiger partial charge in [0.1, 0.15) is 0 Å². The standard InChI is InChI=1S/C10H16ClNOS/c1-7(12-13-10(2,3)4)8-5-9(11)14-6-8/h5-7,12H,1-4H3. The van der Waals surface area contributed by atoms with Gasteiger partial charge < -0.3 is 0 Å². The topological polar surface area (TPSA) is 21.3 Å². The zero-order valence-electron chi connectivity index (χ0n) is 8.93. The van der Waals surface area contributed by atoms with Gasteiger partial charge in [0.2, 0.25) is 0 Å². The van der Waals surface area contributed by atoms with Gasteiger partial charge in [0.15, 0.2) is 0 Å². The Morgan fingerprint density at radius 2 is 2.14 bits per heavy atom. The van der Waals surface area contributed by atoms with Gasteiger partial charge in [0.05, 0.1) is 16.0 Å². The molecule has 1 atom stereocenters. The maximum Gasteiger partial charge on any atom is 0.0931 e. The van der Waals surface area contributed by atoms with Gasteiger partial charge in [-0.25, -0.2) is 0 Å². The first-order valence-corrected chi connectivity index (χ1v) is 5.82. The van der Waals surface area contributed by atoms with E-state index in [2.05, 4.69) is 5.48 Å². The number of hydrogen-bond donors (Lipinski definition) is 1. The SMILES string of the molecule is CC(NOC(C)(C)C)c1csc(Cl)c1. The third-order valence-electron chi connectivity index (χ3n) is 1.63. The summed E-state index contributed by atoms with van der Waals surface area (Å²) in [6.45, 7) is 8.07. The van der Waals surface area contributed by atoms with Gasteiger partial charge >= 0.3 is 0 Å². The minimum absolute atomic E-state index is 0.165. The van der Waals surface area contributed by atoms with E-state index in [1.807, 2.05) is 39.1 Å². The molecule has 1 heterocycles. The smallest absolute Gasteiger partial charge is 0.0931 e. The molecule has 1 aromatic rings. The molecule has 0 spiro atoms. The van der Waals surface area contributed by atoms with Gasteiger partial charge in [0.25, 0.3) is 0 Å². The summed E-state index contributed by atoms with van der Waals surface area (Å²) in [5.74, 6) is 0. The van der Waals surface area contributed by atoms with Crippen LogP contribution >= 0.6 is 22.9 Å². The Labute approximate surface area is 94.2 Å². The van der Waals surface area contributed by atoms with E-state index in [0.29, 0.717) is 0 Å². The van der Waals surface area contributed by atoms with Crippen molar-refractivity contribution in [3.63, 3.8) is 0 Å². The highest BCUT2D eigenvalue weighted by atomic mass is 35.5. The number of hydrogen-bond acceptors (Lipinski definition) is 3. The van der Waals surface area contributed by atoms with E-state index in [1.165, 1.54) is 11.3 Å². The Morgan fingerprint density at radius 3 is 2.57 bits per heavy atom. The molecule has 1 rings (SSSR count). The van der Waals surface area contributed by atoms with Crippen molar-refractivity contribution in [2.24, 2.45) is 0 Å². The molecule has 0 aromatic carbocycles. The van der Waals surface area contributed by atoms with Crippen molar-refractivity contribution in [2.75, 3.05) is 0 Å². The lowest BCUT2D eigenvalue weighted by molar-refractivity contribution is -0.0865. The second-order valence-electron chi connectivity index (χ2n) is 4.24. The average molecular weight is 234 g/mol. The van der Waals surface area contributed by atoms with Gasteiger partial charge in [-0.2, -0.15) is 5.48 Å². The lowest BCUT2D eigenvalue weighted by Crippen LogP contribution is -2.30. The summed E-state index contributed by atoms with van der Waals surface area (Å²) in [6, 6.07) is 2.12. The molecule has 2 nitrogen and oxygen atoms in total. The van der Waals surface area contributed by atoms with E-state index < -0.39 is 0 Å².